The maximum absolute atomic E-state index is 13.4. The summed E-state index contributed by atoms with van der Waals surface area (Å²) in [4.78, 5) is 0. The minimum absolute atomic E-state index is 0.0664. The highest BCUT2D eigenvalue weighted by Crippen LogP contribution is 2.31. The van der Waals surface area contributed by atoms with E-state index in [1.165, 1.54) is 12.3 Å². The van der Waals surface area contributed by atoms with Gasteiger partial charge < -0.3 is 5.11 Å². The number of rotatable bonds is 4. The van der Waals surface area contributed by atoms with Gasteiger partial charge in [-0.1, -0.05) is 13.0 Å². The quantitative estimate of drug-likeness (QED) is 0.872. The molecule has 2 aromatic rings. The summed E-state index contributed by atoms with van der Waals surface area (Å²) in [7, 11) is 0. The standard InChI is InChI=1S/C13H13BrF2N2O/c1-2-5-18-7-8(6-17-18)13(19)9-3-4-10(15)12(16)11(9)14/h3-4,6-7,13,19H,2,5H2,1H3. The summed E-state index contributed by atoms with van der Waals surface area (Å²) in [5.41, 5.74) is 0.815. The van der Waals surface area contributed by atoms with E-state index in [1.54, 1.807) is 10.9 Å². The molecule has 0 saturated heterocycles. The molecule has 0 aliphatic carbocycles. The lowest BCUT2D eigenvalue weighted by atomic mass is 10.0. The molecular formula is C13H13BrF2N2O. The molecule has 0 spiro atoms. The Labute approximate surface area is 118 Å². The summed E-state index contributed by atoms with van der Waals surface area (Å²) in [6.07, 6.45) is 3.09. The Bertz CT molecular complexity index is 586. The highest BCUT2D eigenvalue weighted by molar-refractivity contribution is 9.10. The van der Waals surface area contributed by atoms with Crippen LogP contribution in [-0.4, -0.2) is 14.9 Å². The Kier molecular flexibility index (Phi) is 4.31. The lowest BCUT2D eigenvalue weighted by molar-refractivity contribution is 0.218. The topological polar surface area (TPSA) is 38.0 Å². The largest absolute Gasteiger partial charge is 0.383 e. The van der Waals surface area contributed by atoms with Gasteiger partial charge in [0, 0.05) is 23.9 Å². The lowest BCUT2D eigenvalue weighted by Crippen LogP contribution is -2.02. The van der Waals surface area contributed by atoms with Crippen LogP contribution in [0.5, 0.6) is 0 Å². The molecule has 0 saturated carbocycles. The first-order valence-electron chi connectivity index (χ1n) is 5.88. The molecular weight excluding hydrogens is 318 g/mol. The first kappa shape index (κ1) is 14.1. The Hall–Kier alpha value is -1.27. The number of aliphatic hydroxyl groups excluding tert-OH is 1. The molecule has 0 bridgehead atoms. The minimum atomic E-state index is -1.05. The molecule has 0 amide bonds. The average molecular weight is 331 g/mol. The summed E-state index contributed by atoms with van der Waals surface area (Å²) in [5.74, 6) is -1.96. The second-order valence-electron chi connectivity index (χ2n) is 4.20. The van der Waals surface area contributed by atoms with E-state index in [2.05, 4.69) is 21.0 Å². The molecule has 3 nitrogen and oxygen atoms in total. The summed E-state index contributed by atoms with van der Waals surface area (Å²) in [6, 6.07) is 2.35. The summed E-state index contributed by atoms with van der Waals surface area (Å²) in [6.45, 7) is 2.76. The van der Waals surface area contributed by atoms with Crippen molar-refractivity contribution in [2.75, 3.05) is 0 Å². The maximum atomic E-state index is 13.4. The molecule has 1 N–H and O–H groups in total. The number of nitrogens with zero attached hydrogens (tertiary/aromatic N) is 2. The fourth-order valence-corrected chi connectivity index (χ4v) is 2.34. The fourth-order valence-electron chi connectivity index (χ4n) is 1.80. The van der Waals surface area contributed by atoms with E-state index in [-0.39, 0.29) is 10.0 Å². The van der Waals surface area contributed by atoms with E-state index in [4.69, 9.17) is 0 Å². The van der Waals surface area contributed by atoms with Crippen LogP contribution in [0, 0.1) is 11.6 Å². The van der Waals surface area contributed by atoms with Crippen LogP contribution in [-0.2, 0) is 6.54 Å². The Morgan fingerprint density at radius 1 is 1.42 bits per heavy atom. The number of aromatic nitrogens is 2. The second-order valence-corrected chi connectivity index (χ2v) is 5.00. The summed E-state index contributed by atoms with van der Waals surface area (Å²) in [5, 5.41) is 14.3. The highest BCUT2D eigenvalue weighted by Gasteiger charge is 2.19. The van der Waals surface area contributed by atoms with Gasteiger partial charge in [0.25, 0.3) is 0 Å². The van der Waals surface area contributed by atoms with Crippen molar-refractivity contribution < 1.29 is 13.9 Å². The van der Waals surface area contributed by atoms with Gasteiger partial charge in [0.2, 0.25) is 0 Å². The van der Waals surface area contributed by atoms with E-state index in [0.29, 0.717) is 5.56 Å². The van der Waals surface area contributed by atoms with Crippen LogP contribution in [0.15, 0.2) is 29.0 Å². The van der Waals surface area contributed by atoms with Crippen LogP contribution >= 0.6 is 15.9 Å². The van der Waals surface area contributed by atoms with E-state index < -0.39 is 17.7 Å². The predicted octanol–water partition coefficient (Wildman–Crippen LogP) is 3.42. The van der Waals surface area contributed by atoms with Crippen molar-refractivity contribution in [1.29, 1.82) is 0 Å². The average Bonchev–Trinajstić information content (AvgIpc) is 2.85. The molecule has 2 rings (SSSR count). The number of halogens is 3. The number of aliphatic hydroxyl groups is 1. The fraction of sp³-hybridized carbons (Fsp3) is 0.308. The van der Waals surface area contributed by atoms with Gasteiger partial charge in [0.05, 0.1) is 10.7 Å². The van der Waals surface area contributed by atoms with Crippen LogP contribution in [0.3, 0.4) is 0 Å². The van der Waals surface area contributed by atoms with Crippen molar-refractivity contribution in [3.63, 3.8) is 0 Å². The Morgan fingerprint density at radius 2 is 2.16 bits per heavy atom. The van der Waals surface area contributed by atoms with E-state index in [1.807, 2.05) is 6.92 Å². The zero-order valence-corrected chi connectivity index (χ0v) is 11.9. The van der Waals surface area contributed by atoms with E-state index >= 15 is 0 Å². The molecule has 1 unspecified atom stereocenters. The van der Waals surface area contributed by atoms with Crippen molar-refractivity contribution in [1.82, 2.24) is 9.78 Å². The zero-order chi connectivity index (χ0) is 14.0. The summed E-state index contributed by atoms with van der Waals surface area (Å²) >= 11 is 2.96. The number of hydrogen-bond acceptors (Lipinski definition) is 2. The van der Waals surface area contributed by atoms with Crippen LogP contribution in [0.2, 0.25) is 0 Å². The number of aryl methyl sites for hydroxylation is 1. The normalized spacial score (nSPS) is 12.7. The third-order valence-electron chi connectivity index (χ3n) is 2.78. The van der Waals surface area contributed by atoms with Crippen molar-refractivity contribution in [3.8, 4) is 0 Å². The van der Waals surface area contributed by atoms with Crippen LogP contribution in [0.25, 0.3) is 0 Å². The Balaban J connectivity index is 2.33. The van der Waals surface area contributed by atoms with Gasteiger partial charge in [-0.2, -0.15) is 5.10 Å². The molecule has 0 aliphatic rings. The lowest BCUT2D eigenvalue weighted by Gasteiger charge is -2.11. The molecule has 102 valence electrons. The first-order valence-corrected chi connectivity index (χ1v) is 6.67. The van der Waals surface area contributed by atoms with Gasteiger partial charge in [0.15, 0.2) is 11.6 Å². The monoisotopic (exact) mass is 330 g/mol. The molecule has 19 heavy (non-hydrogen) atoms. The van der Waals surface area contributed by atoms with Gasteiger partial charge in [-0.25, -0.2) is 8.78 Å². The third kappa shape index (κ3) is 2.84. The molecule has 1 aromatic carbocycles. The maximum Gasteiger partial charge on any atom is 0.173 e. The Morgan fingerprint density at radius 3 is 2.84 bits per heavy atom. The molecule has 0 fully saturated rings. The molecule has 6 heteroatoms. The highest BCUT2D eigenvalue weighted by atomic mass is 79.9. The van der Waals surface area contributed by atoms with Crippen molar-refractivity contribution in [2.45, 2.75) is 26.0 Å². The van der Waals surface area contributed by atoms with Crippen LogP contribution < -0.4 is 0 Å². The van der Waals surface area contributed by atoms with E-state index in [9.17, 15) is 13.9 Å². The van der Waals surface area contributed by atoms with Gasteiger partial charge >= 0.3 is 0 Å². The smallest absolute Gasteiger partial charge is 0.173 e. The van der Waals surface area contributed by atoms with Gasteiger partial charge in [0.1, 0.15) is 6.10 Å². The van der Waals surface area contributed by atoms with Crippen molar-refractivity contribution >= 4 is 15.9 Å². The van der Waals surface area contributed by atoms with Gasteiger partial charge in [-0.05, 0) is 28.4 Å². The number of benzene rings is 1. The van der Waals surface area contributed by atoms with Crippen molar-refractivity contribution in [2.24, 2.45) is 0 Å². The second kappa shape index (κ2) is 5.79. The number of hydrogen-bond donors (Lipinski definition) is 1. The van der Waals surface area contributed by atoms with Crippen LogP contribution in [0.1, 0.15) is 30.6 Å². The van der Waals surface area contributed by atoms with Gasteiger partial charge in [-0.3, -0.25) is 4.68 Å². The SMILES string of the molecule is CCCn1cc(C(O)c2ccc(F)c(F)c2Br)cn1. The molecule has 0 radical (unpaired) electrons. The zero-order valence-electron chi connectivity index (χ0n) is 10.3. The molecule has 1 heterocycles. The minimum Gasteiger partial charge on any atom is -0.383 e. The first-order chi connectivity index (χ1) is 9.04. The third-order valence-corrected chi connectivity index (χ3v) is 3.59. The molecule has 1 aromatic heterocycles. The predicted molar refractivity (Wildman–Crippen MR) is 70.6 cm³/mol. The van der Waals surface area contributed by atoms with E-state index in [0.717, 1.165) is 19.0 Å². The van der Waals surface area contributed by atoms with Crippen LogP contribution in [0.4, 0.5) is 8.78 Å². The van der Waals surface area contributed by atoms with Crippen molar-refractivity contribution in [3.05, 3.63) is 51.8 Å². The molecule has 1 atom stereocenters. The summed E-state index contributed by atoms with van der Waals surface area (Å²) < 4.78 is 28.1. The van der Waals surface area contributed by atoms with Gasteiger partial charge in [-0.15, -0.1) is 0 Å². The molecule has 0 aliphatic heterocycles.